The average molecular weight is 164 g/mol. The molecule has 0 aromatic heterocycles. The molecule has 0 spiro atoms. The van der Waals surface area contributed by atoms with Crippen molar-refractivity contribution in [1.82, 2.24) is 0 Å². The maximum Gasteiger partial charge on any atom is 0.189 e. The van der Waals surface area contributed by atoms with Crippen molar-refractivity contribution < 1.29 is 14.6 Å². The molecular formula is C6H16O3Si. The molecule has 3 nitrogen and oxygen atoms in total. The molecule has 0 amide bonds. The molecule has 0 saturated heterocycles. The van der Waals surface area contributed by atoms with Crippen molar-refractivity contribution >= 4 is 8.32 Å². The number of rotatable bonds is 5. The third kappa shape index (κ3) is 4.93. The maximum atomic E-state index is 8.59. The highest BCUT2D eigenvalue weighted by Crippen LogP contribution is 2.08. The lowest BCUT2D eigenvalue weighted by Gasteiger charge is -2.20. The SMILES string of the molecule is C[Si](C)(CCO)OCCO. The van der Waals surface area contributed by atoms with Crippen LogP contribution in [0, 0.1) is 0 Å². The summed E-state index contributed by atoms with van der Waals surface area (Å²) in [5, 5.41) is 17.0. The van der Waals surface area contributed by atoms with Crippen LogP contribution in [-0.2, 0) is 4.43 Å². The Morgan fingerprint density at radius 3 is 2.20 bits per heavy atom. The van der Waals surface area contributed by atoms with Gasteiger partial charge in [0.25, 0.3) is 0 Å². The molecule has 0 rings (SSSR count). The van der Waals surface area contributed by atoms with Crippen molar-refractivity contribution in [3.05, 3.63) is 0 Å². The number of aliphatic hydroxyl groups is 2. The Morgan fingerprint density at radius 1 is 1.20 bits per heavy atom. The van der Waals surface area contributed by atoms with E-state index in [1.165, 1.54) is 0 Å². The molecule has 0 unspecified atom stereocenters. The Balaban J connectivity index is 3.42. The molecule has 0 fully saturated rings. The average Bonchev–Trinajstić information content (AvgIpc) is 1.84. The minimum atomic E-state index is -1.63. The maximum absolute atomic E-state index is 8.59. The van der Waals surface area contributed by atoms with Gasteiger partial charge in [0, 0.05) is 6.61 Å². The molecule has 0 saturated carbocycles. The van der Waals surface area contributed by atoms with Crippen molar-refractivity contribution in [2.24, 2.45) is 0 Å². The van der Waals surface area contributed by atoms with Crippen LogP contribution in [0.2, 0.25) is 19.1 Å². The Morgan fingerprint density at radius 2 is 1.80 bits per heavy atom. The molecule has 10 heavy (non-hydrogen) atoms. The standard InChI is InChI=1S/C6H16O3Si/c1-10(2,6-4-8)9-5-3-7/h7-8H,3-6H2,1-2H3. The Labute approximate surface area is 62.8 Å². The molecule has 0 heterocycles. The van der Waals surface area contributed by atoms with E-state index in [9.17, 15) is 0 Å². The van der Waals surface area contributed by atoms with Crippen LogP contribution in [0.25, 0.3) is 0 Å². The first-order chi connectivity index (χ1) is 4.62. The predicted octanol–water partition coefficient (Wildman–Crippen LogP) is 0.193. The van der Waals surface area contributed by atoms with Crippen LogP contribution in [0.3, 0.4) is 0 Å². The van der Waals surface area contributed by atoms with E-state index in [4.69, 9.17) is 14.6 Å². The fourth-order valence-electron chi connectivity index (χ4n) is 0.663. The van der Waals surface area contributed by atoms with Crippen LogP contribution < -0.4 is 0 Å². The van der Waals surface area contributed by atoms with Gasteiger partial charge in [0.15, 0.2) is 8.32 Å². The van der Waals surface area contributed by atoms with Gasteiger partial charge in [-0.25, -0.2) is 0 Å². The summed E-state index contributed by atoms with van der Waals surface area (Å²) in [6.07, 6.45) is 0. The van der Waals surface area contributed by atoms with E-state index in [2.05, 4.69) is 0 Å². The van der Waals surface area contributed by atoms with E-state index >= 15 is 0 Å². The topological polar surface area (TPSA) is 49.7 Å². The van der Waals surface area contributed by atoms with Crippen molar-refractivity contribution in [1.29, 1.82) is 0 Å². The van der Waals surface area contributed by atoms with Crippen LogP contribution in [0.5, 0.6) is 0 Å². The minimum absolute atomic E-state index is 0.0713. The van der Waals surface area contributed by atoms with E-state index in [0.717, 1.165) is 6.04 Å². The molecule has 0 aliphatic carbocycles. The first-order valence-electron chi connectivity index (χ1n) is 3.48. The zero-order chi connectivity index (χ0) is 8.04. The highest BCUT2D eigenvalue weighted by molar-refractivity contribution is 6.71. The molecule has 0 radical (unpaired) electrons. The highest BCUT2D eigenvalue weighted by atomic mass is 28.4. The van der Waals surface area contributed by atoms with Crippen LogP contribution in [0.4, 0.5) is 0 Å². The minimum Gasteiger partial charge on any atom is -0.415 e. The van der Waals surface area contributed by atoms with E-state index in [1.54, 1.807) is 0 Å². The van der Waals surface area contributed by atoms with Gasteiger partial charge in [-0.1, -0.05) is 0 Å². The Kier molecular flexibility index (Phi) is 4.89. The molecule has 0 bridgehead atoms. The predicted molar refractivity (Wildman–Crippen MR) is 42.4 cm³/mol. The normalized spacial score (nSPS) is 12.0. The lowest BCUT2D eigenvalue weighted by Crippen LogP contribution is -2.32. The summed E-state index contributed by atoms with van der Waals surface area (Å²) in [5.74, 6) is 0. The Hall–Kier alpha value is 0.0969. The third-order valence-electron chi connectivity index (χ3n) is 1.30. The lowest BCUT2D eigenvalue weighted by atomic mass is 10.8. The summed E-state index contributed by atoms with van der Waals surface area (Å²) in [6.45, 7) is 4.71. The fraction of sp³-hybridized carbons (Fsp3) is 1.00. The number of hydrogen-bond acceptors (Lipinski definition) is 3. The zero-order valence-electron chi connectivity index (χ0n) is 6.63. The van der Waals surface area contributed by atoms with Crippen LogP contribution in [-0.4, -0.2) is 38.4 Å². The van der Waals surface area contributed by atoms with E-state index in [1.807, 2.05) is 13.1 Å². The van der Waals surface area contributed by atoms with Gasteiger partial charge in [0.2, 0.25) is 0 Å². The summed E-state index contributed by atoms with van der Waals surface area (Å²) in [4.78, 5) is 0. The van der Waals surface area contributed by atoms with Crippen LogP contribution in [0.1, 0.15) is 0 Å². The van der Waals surface area contributed by atoms with Crippen molar-refractivity contribution in [3.8, 4) is 0 Å². The summed E-state index contributed by atoms with van der Waals surface area (Å²) in [5.41, 5.74) is 0. The van der Waals surface area contributed by atoms with Crippen molar-refractivity contribution in [2.45, 2.75) is 19.1 Å². The van der Waals surface area contributed by atoms with Crippen LogP contribution in [0.15, 0.2) is 0 Å². The molecular weight excluding hydrogens is 148 g/mol. The van der Waals surface area contributed by atoms with Gasteiger partial charge in [-0.3, -0.25) is 0 Å². The largest absolute Gasteiger partial charge is 0.415 e. The van der Waals surface area contributed by atoms with E-state index in [0.29, 0.717) is 6.61 Å². The fourth-order valence-corrected chi connectivity index (χ4v) is 1.99. The first kappa shape index (κ1) is 10.1. The van der Waals surface area contributed by atoms with Gasteiger partial charge in [-0.15, -0.1) is 0 Å². The second-order valence-electron chi connectivity index (χ2n) is 2.81. The van der Waals surface area contributed by atoms with Gasteiger partial charge < -0.3 is 14.6 Å². The molecule has 0 aliphatic heterocycles. The second kappa shape index (κ2) is 4.84. The molecule has 0 aliphatic rings. The molecule has 62 valence electrons. The van der Waals surface area contributed by atoms with Gasteiger partial charge in [0.1, 0.15) is 0 Å². The second-order valence-corrected chi connectivity index (χ2v) is 7.11. The van der Waals surface area contributed by atoms with E-state index < -0.39 is 8.32 Å². The molecule has 0 aromatic rings. The monoisotopic (exact) mass is 164 g/mol. The Bertz CT molecular complexity index is 85.1. The van der Waals surface area contributed by atoms with Gasteiger partial charge >= 0.3 is 0 Å². The van der Waals surface area contributed by atoms with Gasteiger partial charge in [-0.2, -0.15) is 0 Å². The molecule has 4 heteroatoms. The lowest BCUT2D eigenvalue weighted by molar-refractivity contribution is 0.192. The highest BCUT2D eigenvalue weighted by Gasteiger charge is 2.20. The smallest absolute Gasteiger partial charge is 0.189 e. The molecule has 0 atom stereocenters. The molecule has 2 N–H and O–H groups in total. The summed E-state index contributed by atoms with van der Waals surface area (Å²) < 4.78 is 5.35. The van der Waals surface area contributed by atoms with Gasteiger partial charge in [-0.05, 0) is 19.1 Å². The molecule has 0 aromatic carbocycles. The van der Waals surface area contributed by atoms with Crippen molar-refractivity contribution in [2.75, 3.05) is 19.8 Å². The van der Waals surface area contributed by atoms with E-state index in [-0.39, 0.29) is 13.2 Å². The number of hydrogen-bond donors (Lipinski definition) is 2. The zero-order valence-corrected chi connectivity index (χ0v) is 7.63. The third-order valence-corrected chi connectivity index (χ3v) is 3.71. The summed E-state index contributed by atoms with van der Waals surface area (Å²) >= 11 is 0. The number of aliphatic hydroxyl groups excluding tert-OH is 2. The summed E-state index contributed by atoms with van der Waals surface area (Å²) in [6, 6.07) is 0.743. The van der Waals surface area contributed by atoms with Crippen LogP contribution >= 0.6 is 0 Å². The van der Waals surface area contributed by atoms with Gasteiger partial charge in [0.05, 0.1) is 13.2 Å². The quantitative estimate of drug-likeness (QED) is 0.570. The van der Waals surface area contributed by atoms with Crippen molar-refractivity contribution in [3.63, 3.8) is 0 Å². The summed E-state index contributed by atoms with van der Waals surface area (Å²) in [7, 11) is -1.63. The first-order valence-corrected chi connectivity index (χ1v) is 6.59.